The van der Waals surface area contributed by atoms with E-state index < -0.39 is 66.8 Å². The first-order chi connectivity index (χ1) is 40.4. The van der Waals surface area contributed by atoms with Crippen LogP contribution in [0.2, 0.25) is 0 Å². The van der Waals surface area contributed by atoms with Gasteiger partial charge < -0.3 is 59.7 Å². The zero-order chi connectivity index (χ0) is 62.4. The number of hydrogen-bond donors (Lipinski definition) is 7. The molecule has 2 aromatic heterocycles. The molecule has 29 heteroatoms. The smallest absolute Gasteiger partial charge is 0.487 e. The lowest BCUT2D eigenvalue weighted by molar-refractivity contribution is -0.218. The number of imidazole rings is 1. The zero-order valence-electron chi connectivity index (χ0n) is 49.8. The van der Waals surface area contributed by atoms with Gasteiger partial charge in [0.05, 0.1) is 25.6 Å². The summed E-state index contributed by atoms with van der Waals surface area (Å²) in [5, 5.41) is 26.1. The van der Waals surface area contributed by atoms with Crippen LogP contribution in [0.5, 0.6) is 11.5 Å². The second-order valence-corrected chi connectivity index (χ2v) is 28.3. The molecule has 0 aliphatic carbocycles. The van der Waals surface area contributed by atoms with Crippen LogP contribution >= 0.6 is 23.5 Å². The number of nitrogen functional groups attached to an aromatic ring is 1. The molecule has 26 nitrogen and oxygen atoms in total. The van der Waals surface area contributed by atoms with Crippen molar-refractivity contribution in [3.63, 3.8) is 0 Å². The van der Waals surface area contributed by atoms with E-state index in [0.717, 1.165) is 81.3 Å². The number of fused-ring (bicyclic) bond motifs is 5. The fourth-order valence-electron chi connectivity index (χ4n) is 12.8. The van der Waals surface area contributed by atoms with Gasteiger partial charge in [-0.05, 0) is 108 Å². The fraction of sp³-hybridized carbons (Fsp3) is 0.544. The lowest BCUT2D eigenvalue weighted by Gasteiger charge is -2.47. The van der Waals surface area contributed by atoms with Gasteiger partial charge in [-0.25, -0.2) is 23.0 Å². The first kappa shape index (κ1) is 64.8. The number of aromatic amines is 1. The van der Waals surface area contributed by atoms with E-state index in [-0.39, 0.29) is 64.7 Å². The Labute approximate surface area is 497 Å². The summed E-state index contributed by atoms with van der Waals surface area (Å²) < 4.78 is 71.0. The van der Waals surface area contributed by atoms with Crippen LogP contribution in [0.25, 0.3) is 16.7 Å². The first-order valence-corrected chi connectivity index (χ1v) is 33.4. The van der Waals surface area contributed by atoms with Crippen molar-refractivity contribution in [3.05, 3.63) is 104 Å². The van der Waals surface area contributed by atoms with Gasteiger partial charge in [-0.2, -0.15) is 9.29 Å². The van der Waals surface area contributed by atoms with Crippen molar-refractivity contribution in [2.45, 2.75) is 154 Å². The molecule has 9 rings (SSSR count). The van der Waals surface area contributed by atoms with Crippen molar-refractivity contribution in [3.8, 4) is 11.5 Å². The summed E-state index contributed by atoms with van der Waals surface area (Å²) in [5.41, 5.74) is 11.4. The third-order valence-corrected chi connectivity index (χ3v) is 20.8. The van der Waals surface area contributed by atoms with E-state index in [0.29, 0.717) is 44.3 Å². The largest absolute Gasteiger partial charge is 0.756 e. The molecule has 0 spiro atoms. The quantitative estimate of drug-likeness (QED) is 0.0222. The van der Waals surface area contributed by atoms with E-state index in [4.69, 9.17) is 15.2 Å². The molecular formula is C57H78N9O17P3. The molecule has 4 aliphatic heterocycles. The van der Waals surface area contributed by atoms with Crippen molar-refractivity contribution < 1.29 is 75.3 Å². The Balaban J connectivity index is 0.742. The number of nitrogens with zero attached hydrogens (tertiary/aromatic N) is 6. The summed E-state index contributed by atoms with van der Waals surface area (Å²) in [5.74, 6) is 1.38. The van der Waals surface area contributed by atoms with Crippen LogP contribution in [-0.4, -0.2) is 132 Å². The third-order valence-electron chi connectivity index (χ3n) is 16.6. The Morgan fingerprint density at radius 2 is 1.64 bits per heavy atom. The number of aliphatic hydroxyl groups is 2. The highest BCUT2D eigenvalue weighted by atomic mass is 31.3. The maximum Gasteiger partial charge on any atom is 0.487 e. The van der Waals surface area contributed by atoms with Gasteiger partial charge in [0.1, 0.15) is 36.4 Å². The highest BCUT2D eigenvalue weighted by Crippen LogP contribution is 2.66. The van der Waals surface area contributed by atoms with Crippen LogP contribution in [0.3, 0.4) is 0 Å². The Morgan fingerprint density at radius 1 is 0.919 bits per heavy atom. The molecule has 8 N–H and O–H groups in total. The van der Waals surface area contributed by atoms with Crippen LogP contribution in [0.4, 0.5) is 11.6 Å². The summed E-state index contributed by atoms with van der Waals surface area (Å²) in [6.45, 7) is 18.9. The maximum absolute atomic E-state index is 14.7. The van der Waals surface area contributed by atoms with Gasteiger partial charge in [0.15, 0.2) is 22.9 Å². The number of phosphoric ester groups is 2. The number of amides is 2. The van der Waals surface area contributed by atoms with Gasteiger partial charge in [0.2, 0.25) is 17.2 Å². The van der Waals surface area contributed by atoms with Gasteiger partial charge >= 0.3 is 15.6 Å². The number of aromatic nitrogens is 4. The average Bonchev–Trinajstić information content (AvgIpc) is 0.948. The monoisotopic (exact) mass is 1250 g/mol. The van der Waals surface area contributed by atoms with E-state index in [1.54, 1.807) is 11.9 Å². The highest BCUT2D eigenvalue weighted by molar-refractivity contribution is 7.66. The molecule has 468 valence electrons. The molecule has 4 aliphatic rings. The number of aliphatic hydroxyl groups excluding tert-OH is 2. The molecule has 3 aromatic carbocycles. The number of rotatable bonds is 24. The van der Waals surface area contributed by atoms with E-state index >= 15 is 0 Å². The summed E-state index contributed by atoms with van der Waals surface area (Å²) >= 11 is 0. The minimum atomic E-state index is -5.90. The van der Waals surface area contributed by atoms with E-state index in [1.165, 1.54) is 11.1 Å². The Bertz CT molecular complexity index is 3760. The Hall–Kier alpha value is -5.69. The van der Waals surface area contributed by atoms with Crippen molar-refractivity contribution in [1.82, 2.24) is 34.3 Å². The molecule has 9 atom stereocenters. The van der Waals surface area contributed by atoms with Gasteiger partial charge in [-0.3, -0.25) is 33.0 Å². The molecule has 1 fully saturated rings. The number of benzene rings is 3. The standard InChI is InChI=1S/C57H78N9O17P3/c1-10-65-41-27-43-39(25-37(41)33(3)29-56(65,5)6)47(40-26-38-34(4)30-57(7,8)66(11-2)42(38)28-44(40)80-43)35-19-14-15-20-36(35)53(71)63(9)23-18-21-46(67)59-22-16-12-13-17-24-78-84(72,73)82-86(76,77)83-85(74,75)79-31-45-49(68)50(69)54(81-45)64-32-60-48-51(64)61-55(58)62-52(48)70/h14-15,19-20,25-28,32-34,45,49-50,54,68-69H,10-13,16-18,21-24,29-31H2,1-9H3,(H6-,58,59,61,62,67,70,72,73,74,75,76,77)/t33?,34?,45-,49-,50-,54-/m1/s1. The minimum absolute atomic E-state index is 0.0555. The number of carbonyl (C=O) groups is 2. The van der Waals surface area contributed by atoms with Gasteiger partial charge in [-0.1, -0.05) is 44.9 Å². The molecule has 0 bridgehead atoms. The first-order valence-electron chi connectivity index (χ1n) is 29.0. The van der Waals surface area contributed by atoms with Crippen LogP contribution in [0, 0.1) is 0 Å². The number of nitrogens with two attached hydrogens (primary N) is 1. The topological polar surface area (TPSA) is 356 Å². The molecule has 5 aromatic rings. The number of hydrogen-bond acceptors (Lipinski definition) is 19. The molecule has 2 amide bonds. The summed E-state index contributed by atoms with van der Waals surface area (Å²) in [6, 6.07) is 16.7. The molecular weight excluding hydrogens is 1180 g/mol. The van der Waals surface area contributed by atoms with Crippen LogP contribution < -0.4 is 46.3 Å². The predicted octanol–water partition coefficient (Wildman–Crippen LogP) is 5.55. The maximum atomic E-state index is 14.7. The van der Waals surface area contributed by atoms with E-state index in [1.807, 2.05) is 24.3 Å². The molecule has 1 saturated heterocycles. The number of H-pyrrole nitrogens is 1. The van der Waals surface area contributed by atoms with E-state index in [2.05, 4.69) is 127 Å². The second-order valence-electron chi connectivity index (χ2n) is 23.8. The number of nitrogens with one attached hydrogen (secondary N) is 2. The third kappa shape index (κ3) is 13.8. The lowest BCUT2D eigenvalue weighted by Crippen LogP contribution is -2.52. The number of phosphoric acid groups is 3. The number of anilines is 2. The van der Waals surface area contributed by atoms with Gasteiger partial charge in [0, 0.05) is 84.3 Å². The van der Waals surface area contributed by atoms with Crippen molar-refractivity contribution in [2.24, 2.45) is 0 Å². The molecule has 0 radical (unpaired) electrons. The van der Waals surface area contributed by atoms with Crippen molar-refractivity contribution in [1.29, 1.82) is 0 Å². The van der Waals surface area contributed by atoms with Crippen LogP contribution in [-0.2, 0) is 40.9 Å². The van der Waals surface area contributed by atoms with Crippen molar-refractivity contribution >= 4 is 63.7 Å². The number of carbonyl (C=O) groups excluding carboxylic acids is 2. The molecule has 0 saturated carbocycles. The number of unbranched alkanes of at least 4 members (excludes halogenated alkanes) is 3. The predicted molar refractivity (Wildman–Crippen MR) is 317 cm³/mol. The summed E-state index contributed by atoms with van der Waals surface area (Å²) in [6.07, 6.45) is -1.37. The van der Waals surface area contributed by atoms with E-state index in [9.17, 15) is 53.0 Å². The highest BCUT2D eigenvalue weighted by Gasteiger charge is 2.47. The zero-order valence-corrected chi connectivity index (χ0v) is 52.4. The second kappa shape index (κ2) is 25.4. The Morgan fingerprint density at radius 3 is 2.37 bits per heavy atom. The normalized spacial score (nSPS) is 23.3. The average molecular weight is 1250 g/mol. The Kier molecular flexibility index (Phi) is 19.1. The summed E-state index contributed by atoms with van der Waals surface area (Å²) in [7, 11) is -15.4. The molecule has 86 heavy (non-hydrogen) atoms. The van der Waals surface area contributed by atoms with Crippen molar-refractivity contribution in [2.75, 3.05) is 57.1 Å². The SMILES string of the molecule is CCN1c2cc3c(cc2C(C)CC1(C)C)C(c1ccccc1C(=O)N(C)CCCC(=O)NCCCCCCOP(=O)([O-])OP(=O)(O)OP(=O)(O)OC[C@H]1O[C@@H](n2cnc4c(=O)[nH]c(N)nc42)[C@H](O)[C@@H]1O)=c1cc2c(cc1O3)=[N+](CC)C(C)(C)CC2C. The minimum Gasteiger partial charge on any atom is -0.756 e. The molecule has 6 heterocycles. The van der Waals surface area contributed by atoms with Crippen LogP contribution in [0.1, 0.15) is 157 Å². The van der Waals surface area contributed by atoms with Gasteiger partial charge in [-0.15, -0.1) is 0 Å². The van der Waals surface area contributed by atoms with Crippen LogP contribution in [0.15, 0.2) is 59.7 Å². The van der Waals surface area contributed by atoms with Gasteiger partial charge in [0.25, 0.3) is 19.3 Å². The fourth-order valence-corrected chi connectivity index (χ4v) is 16.3. The lowest BCUT2D eigenvalue weighted by atomic mass is 9.77. The molecule has 5 unspecified atom stereocenters. The summed E-state index contributed by atoms with van der Waals surface area (Å²) in [4.78, 5) is 86.5. The number of ether oxygens (including phenoxy) is 2.